The average Bonchev–Trinajstić information content (AvgIpc) is 2.73. The summed E-state index contributed by atoms with van der Waals surface area (Å²) in [6.07, 6.45) is 3.79. The number of hydrogen-bond donors (Lipinski definition) is 2. The van der Waals surface area contributed by atoms with Gasteiger partial charge in [0.15, 0.2) is 5.69 Å². The molecule has 2 unspecified atom stereocenters. The maximum absolute atomic E-state index is 10.9. The molecule has 1 aliphatic carbocycles. The molecule has 0 saturated heterocycles. The quantitative estimate of drug-likeness (QED) is 0.880. The van der Waals surface area contributed by atoms with Crippen molar-refractivity contribution >= 4 is 23.4 Å². The Kier molecular flexibility index (Phi) is 4.07. The number of nitrogens with one attached hydrogen (secondary N) is 1. The van der Waals surface area contributed by atoms with E-state index < -0.39 is 5.97 Å². The fourth-order valence-electron chi connectivity index (χ4n) is 2.45. The number of hydrogen-bond acceptors (Lipinski definition) is 3. The van der Waals surface area contributed by atoms with Crippen LogP contribution in [0.5, 0.6) is 0 Å². The average molecular weight is 269 g/mol. The molecule has 5 heteroatoms. The first kappa shape index (κ1) is 13.1. The van der Waals surface area contributed by atoms with E-state index in [1.54, 1.807) is 12.1 Å². The SMILES string of the molecule is CC1CCCC1CNc1ccc(Cl)c(C(=O)O)n1. The van der Waals surface area contributed by atoms with Gasteiger partial charge in [-0.15, -0.1) is 0 Å². The van der Waals surface area contributed by atoms with Crippen molar-refractivity contribution in [3.05, 3.63) is 22.8 Å². The van der Waals surface area contributed by atoms with E-state index in [4.69, 9.17) is 16.7 Å². The summed E-state index contributed by atoms with van der Waals surface area (Å²) >= 11 is 5.77. The van der Waals surface area contributed by atoms with Gasteiger partial charge in [0, 0.05) is 6.54 Å². The Hall–Kier alpha value is -1.29. The maximum Gasteiger partial charge on any atom is 0.356 e. The Balaban J connectivity index is 2.01. The summed E-state index contributed by atoms with van der Waals surface area (Å²) in [4.78, 5) is 14.9. The van der Waals surface area contributed by atoms with E-state index in [2.05, 4.69) is 17.2 Å². The van der Waals surface area contributed by atoms with Gasteiger partial charge in [0.05, 0.1) is 5.02 Å². The number of carboxylic acids is 1. The van der Waals surface area contributed by atoms with E-state index >= 15 is 0 Å². The molecule has 1 aromatic heterocycles. The third-order valence-electron chi connectivity index (χ3n) is 3.63. The van der Waals surface area contributed by atoms with Crippen LogP contribution in [0.3, 0.4) is 0 Å². The molecular weight excluding hydrogens is 252 g/mol. The van der Waals surface area contributed by atoms with Gasteiger partial charge in [0.1, 0.15) is 5.82 Å². The molecule has 0 radical (unpaired) electrons. The molecule has 18 heavy (non-hydrogen) atoms. The van der Waals surface area contributed by atoms with Crippen molar-refractivity contribution in [1.29, 1.82) is 0 Å². The van der Waals surface area contributed by atoms with Crippen molar-refractivity contribution in [1.82, 2.24) is 4.98 Å². The summed E-state index contributed by atoms with van der Waals surface area (Å²) in [7, 11) is 0. The molecule has 0 spiro atoms. The van der Waals surface area contributed by atoms with Crippen molar-refractivity contribution in [2.75, 3.05) is 11.9 Å². The van der Waals surface area contributed by atoms with Gasteiger partial charge in [0.2, 0.25) is 0 Å². The minimum atomic E-state index is -1.10. The minimum Gasteiger partial charge on any atom is -0.476 e. The van der Waals surface area contributed by atoms with Crippen LogP contribution in [0.15, 0.2) is 12.1 Å². The lowest BCUT2D eigenvalue weighted by atomic mass is 9.98. The van der Waals surface area contributed by atoms with Gasteiger partial charge in [-0.2, -0.15) is 0 Å². The number of halogens is 1. The summed E-state index contributed by atoms with van der Waals surface area (Å²) in [5.41, 5.74) is -0.0962. The van der Waals surface area contributed by atoms with Gasteiger partial charge < -0.3 is 10.4 Å². The molecule has 1 saturated carbocycles. The number of pyridine rings is 1. The lowest BCUT2D eigenvalue weighted by Crippen LogP contribution is -2.17. The van der Waals surface area contributed by atoms with E-state index in [0.717, 1.165) is 12.5 Å². The molecule has 0 aromatic carbocycles. The van der Waals surface area contributed by atoms with Crippen LogP contribution >= 0.6 is 11.6 Å². The Bertz CT molecular complexity index is 451. The minimum absolute atomic E-state index is 0.0962. The molecule has 1 heterocycles. The topological polar surface area (TPSA) is 62.2 Å². The Labute approximate surface area is 111 Å². The van der Waals surface area contributed by atoms with Crippen LogP contribution in [0, 0.1) is 11.8 Å². The van der Waals surface area contributed by atoms with Crippen molar-refractivity contribution in [2.45, 2.75) is 26.2 Å². The van der Waals surface area contributed by atoms with E-state index in [1.165, 1.54) is 19.3 Å². The standard InChI is InChI=1S/C13H17ClN2O2/c1-8-3-2-4-9(8)7-15-11-6-5-10(14)12(16-11)13(17)18/h5-6,8-9H,2-4,7H2,1H3,(H,15,16)(H,17,18). The third kappa shape index (κ3) is 2.93. The highest BCUT2D eigenvalue weighted by atomic mass is 35.5. The highest BCUT2D eigenvalue weighted by molar-refractivity contribution is 6.33. The second-order valence-electron chi connectivity index (χ2n) is 4.88. The van der Waals surface area contributed by atoms with Crippen molar-refractivity contribution < 1.29 is 9.90 Å². The number of anilines is 1. The zero-order chi connectivity index (χ0) is 13.1. The molecule has 98 valence electrons. The first-order chi connectivity index (χ1) is 8.58. The molecule has 0 aliphatic heterocycles. The van der Waals surface area contributed by atoms with Crippen LogP contribution in [-0.4, -0.2) is 22.6 Å². The predicted molar refractivity (Wildman–Crippen MR) is 71.2 cm³/mol. The summed E-state index contributed by atoms with van der Waals surface area (Å²) in [5, 5.41) is 12.3. The fraction of sp³-hybridized carbons (Fsp3) is 0.538. The number of rotatable bonds is 4. The summed E-state index contributed by atoms with van der Waals surface area (Å²) in [6, 6.07) is 3.28. The van der Waals surface area contributed by atoms with Crippen LogP contribution < -0.4 is 5.32 Å². The first-order valence-electron chi connectivity index (χ1n) is 6.21. The van der Waals surface area contributed by atoms with Crippen LogP contribution in [-0.2, 0) is 0 Å². The third-order valence-corrected chi connectivity index (χ3v) is 3.94. The van der Waals surface area contributed by atoms with Gasteiger partial charge in [-0.3, -0.25) is 0 Å². The lowest BCUT2D eigenvalue weighted by Gasteiger charge is -2.16. The van der Waals surface area contributed by atoms with Gasteiger partial charge in [-0.1, -0.05) is 31.4 Å². The monoisotopic (exact) mass is 268 g/mol. The van der Waals surface area contributed by atoms with E-state index in [9.17, 15) is 4.79 Å². The molecular formula is C13H17ClN2O2. The molecule has 2 N–H and O–H groups in total. The second-order valence-corrected chi connectivity index (χ2v) is 5.29. The van der Waals surface area contributed by atoms with Crippen molar-refractivity contribution in [3.63, 3.8) is 0 Å². The molecule has 1 fully saturated rings. The van der Waals surface area contributed by atoms with E-state index in [1.807, 2.05) is 0 Å². The number of aromatic nitrogens is 1. The van der Waals surface area contributed by atoms with Crippen LogP contribution in [0.4, 0.5) is 5.82 Å². The van der Waals surface area contributed by atoms with Crippen LogP contribution in [0.25, 0.3) is 0 Å². The molecule has 1 aromatic rings. The summed E-state index contributed by atoms with van der Waals surface area (Å²) < 4.78 is 0. The number of nitrogens with zero attached hydrogens (tertiary/aromatic N) is 1. The number of carbonyl (C=O) groups is 1. The summed E-state index contributed by atoms with van der Waals surface area (Å²) in [6.45, 7) is 3.10. The van der Waals surface area contributed by atoms with Gasteiger partial charge >= 0.3 is 5.97 Å². The zero-order valence-corrected chi connectivity index (χ0v) is 11.1. The normalized spacial score (nSPS) is 23.0. The lowest BCUT2D eigenvalue weighted by molar-refractivity contribution is 0.0691. The summed E-state index contributed by atoms with van der Waals surface area (Å²) in [5.74, 6) is 0.855. The Morgan fingerprint density at radius 2 is 2.33 bits per heavy atom. The molecule has 2 atom stereocenters. The smallest absolute Gasteiger partial charge is 0.356 e. The molecule has 1 aliphatic rings. The van der Waals surface area contributed by atoms with Crippen molar-refractivity contribution in [2.24, 2.45) is 11.8 Å². The number of aromatic carboxylic acids is 1. The van der Waals surface area contributed by atoms with Gasteiger partial charge in [-0.25, -0.2) is 9.78 Å². The highest BCUT2D eigenvalue weighted by Crippen LogP contribution is 2.31. The second kappa shape index (κ2) is 5.57. The molecule has 4 nitrogen and oxygen atoms in total. The Morgan fingerprint density at radius 3 is 2.94 bits per heavy atom. The van der Waals surface area contributed by atoms with Crippen LogP contribution in [0.2, 0.25) is 5.02 Å². The predicted octanol–water partition coefficient (Wildman–Crippen LogP) is 3.28. The van der Waals surface area contributed by atoms with Gasteiger partial charge in [-0.05, 0) is 30.4 Å². The number of carboxylic acid groups (broad SMARTS) is 1. The largest absolute Gasteiger partial charge is 0.476 e. The Morgan fingerprint density at radius 1 is 1.56 bits per heavy atom. The van der Waals surface area contributed by atoms with Crippen LogP contribution in [0.1, 0.15) is 36.7 Å². The maximum atomic E-state index is 10.9. The molecule has 2 rings (SSSR count). The first-order valence-corrected chi connectivity index (χ1v) is 6.59. The highest BCUT2D eigenvalue weighted by Gasteiger charge is 2.23. The van der Waals surface area contributed by atoms with Gasteiger partial charge in [0.25, 0.3) is 0 Å². The fourth-order valence-corrected chi connectivity index (χ4v) is 2.64. The van der Waals surface area contributed by atoms with E-state index in [-0.39, 0.29) is 10.7 Å². The zero-order valence-electron chi connectivity index (χ0n) is 10.3. The molecule has 0 bridgehead atoms. The van der Waals surface area contributed by atoms with E-state index in [0.29, 0.717) is 11.7 Å². The van der Waals surface area contributed by atoms with Crippen molar-refractivity contribution in [3.8, 4) is 0 Å². The molecule has 0 amide bonds.